The normalized spacial score (nSPS) is 10.9. The number of amides is 1. The van der Waals surface area contributed by atoms with Gasteiger partial charge in [-0.25, -0.2) is 13.9 Å². The van der Waals surface area contributed by atoms with E-state index in [0.717, 1.165) is 22.6 Å². The van der Waals surface area contributed by atoms with Crippen molar-refractivity contribution in [1.29, 1.82) is 0 Å². The number of hydrogen-bond acceptors (Lipinski definition) is 5. The van der Waals surface area contributed by atoms with Crippen LogP contribution in [0, 0.1) is 19.7 Å². The lowest BCUT2D eigenvalue weighted by Crippen LogP contribution is -2.17. The first kappa shape index (κ1) is 19.5. The van der Waals surface area contributed by atoms with Crippen molar-refractivity contribution in [3.63, 3.8) is 0 Å². The molecule has 0 aliphatic heterocycles. The summed E-state index contributed by atoms with van der Waals surface area (Å²) in [6.45, 7) is 3.73. The van der Waals surface area contributed by atoms with E-state index in [1.54, 1.807) is 11.6 Å². The smallest absolute Gasteiger partial charge is 0.253 e. The van der Waals surface area contributed by atoms with Crippen LogP contribution in [0.4, 0.5) is 10.1 Å². The Hall–Kier alpha value is -3.81. The van der Waals surface area contributed by atoms with E-state index in [2.05, 4.69) is 20.4 Å². The molecule has 0 aliphatic rings. The molecule has 0 fully saturated rings. The molecule has 152 valence electrons. The van der Waals surface area contributed by atoms with Gasteiger partial charge in [0.05, 0.1) is 13.5 Å². The van der Waals surface area contributed by atoms with E-state index in [9.17, 15) is 9.18 Å². The van der Waals surface area contributed by atoms with Crippen molar-refractivity contribution in [3.8, 4) is 17.1 Å². The molecule has 0 saturated heterocycles. The molecule has 0 bridgehead atoms. The third kappa shape index (κ3) is 3.84. The molecular weight excluding hydrogens is 385 g/mol. The second-order valence-electron chi connectivity index (χ2n) is 6.87. The summed E-state index contributed by atoms with van der Waals surface area (Å²) >= 11 is 0. The fourth-order valence-electron chi connectivity index (χ4n) is 3.23. The Morgan fingerprint density at radius 3 is 2.43 bits per heavy atom. The average Bonchev–Trinajstić information content (AvgIpc) is 3.17. The monoisotopic (exact) mass is 405 g/mol. The number of halogens is 1. The van der Waals surface area contributed by atoms with Crippen LogP contribution in [-0.2, 0) is 11.2 Å². The van der Waals surface area contributed by atoms with Gasteiger partial charge in [-0.2, -0.15) is 4.98 Å². The van der Waals surface area contributed by atoms with E-state index in [1.807, 2.05) is 38.1 Å². The highest BCUT2D eigenvalue weighted by Crippen LogP contribution is 2.22. The summed E-state index contributed by atoms with van der Waals surface area (Å²) in [6.07, 6.45) is 0.121. The number of fused-ring (bicyclic) bond motifs is 1. The van der Waals surface area contributed by atoms with E-state index in [4.69, 9.17) is 4.74 Å². The number of rotatable bonds is 5. The van der Waals surface area contributed by atoms with Crippen LogP contribution >= 0.6 is 0 Å². The number of nitrogens with one attached hydrogen (secondary N) is 1. The summed E-state index contributed by atoms with van der Waals surface area (Å²) in [6, 6.07) is 13.1. The number of nitrogens with zero attached hydrogens (tertiary/aromatic N) is 4. The summed E-state index contributed by atoms with van der Waals surface area (Å²) < 4.78 is 19.9. The molecule has 1 N–H and O–H groups in total. The Morgan fingerprint density at radius 2 is 1.77 bits per heavy atom. The SMILES string of the molecule is COc1ccc(-c2nc3nc(C)c(CC(=O)Nc4ccc(F)cc4)c(C)n3n2)cc1. The van der Waals surface area contributed by atoms with Gasteiger partial charge >= 0.3 is 0 Å². The zero-order valence-corrected chi connectivity index (χ0v) is 16.8. The van der Waals surface area contributed by atoms with Crippen molar-refractivity contribution >= 4 is 17.4 Å². The first-order chi connectivity index (χ1) is 14.4. The van der Waals surface area contributed by atoms with Crippen LogP contribution in [0.1, 0.15) is 17.0 Å². The molecule has 4 rings (SSSR count). The molecule has 0 spiro atoms. The molecule has 0 aliphatic carbocycles. The van der Waals surface area contributed by atoms with Crippen LogP contribution in [-0.4, -0.2) is 32.6 Å². The van der Waals surface area contributed by atoms with Crippen molar-refractivity contribution in [2.75, 3.05) is 12.4 Å². The van der Waals surface area contributed by atoms with Crippen molar-refractivity contribution in [2.24, 2.45) is 0 Å². The quantitative estimate of drug-likeness (QED) is 0.547. The second-order valence-corrected chi connectivity index (χ2v) is 6.87. The van der Waals surface area contributed by atoms with E-state index in [1.165, 1.54) is 24.3 Å². The predicted octanol–water partition coefficient (Wildman–Crippen LogP) is 3.74. The zero-order valence-electron chi connectivity index (χ0n) is 16.8. The van der Waals surface area contributed by atoms with E-state index < -0.39 is 0 Å². The maximum absolute atomic E-state index is 13.0. The summed E-state index contributed by atoms with van der Waals surface area (Å²) in [5, 5.41) is 7.34. The first-order valence-corrected chi connectivity index (χ1v) is 9.37. The Balaban J connectivity index is 1.62. The van der Waals surface area contributed by atoms with E-state index in [0.29, 0.717) is 23.0 Å². The number of methoxy groups -OCH3 is 1. The third-order valence-corrected chi connectivity index (χ3v) is 4.86. The number of aromatic nitrogens is 4. The Morgan fingerprint density at radius 1 is 1.07 bits per heavy atom. The van der Waals surface area contributed by atoms with Gasteiger partial charge in [-0.05, 0) is 62.4 Å². The third-order valence-electron chi connectivity index (χ3n) is 4.86. The summed E-state index contributed by atoms with van der Waals surface area (Å²) in [7, 11) is 1.61. The standard InChI is InChI=1S/C22H20FN5O2/c1-13-19(12-20(29)25-17-8-6-16(23)7-9-17)14(2)28-22(24-13)26-21(27-28)15-4-10-18(30-3)11-5-15/h4-11H,12H2,1-3H3,(H,25,29). The minimum Gasteiger partial charge on any atom is -0.497 e. The minimum atomic E-state index is -0.354. The molecule has 7 nitrogen and oxygen atoms in total. The van der Waals surface area contributed by atoms with Gasteiger partial charge in [-0.3, -0.25) is 4.79 Å². The molecule has 2 aromatic carbocycles. The maximum atomic E-state index is 13.0. The zero-order chi connectivity index (χ0) is 21.3. The fraction of sp³-hybridized carbons (Fsp3) is 0.182. The number of hydrogen-bond donors (Lipinski definition) is 1. The molecule has 2 aromatic heterocycles. The van der Waals surface area contributed by atoms with Gasteiger partial charge in [0.25, 0.3) is 5.78 Å². The van der Waals surface area contributed by atoms with Crippen LogP contribution in [0.5, 0.6) is 5.75 Å². The predicted molar refractivity (Wildman–Crippen MR) is 111 cm³/mol. The molecule has 0 atom stereocenters. The van der Waals surface area contributed by atoms with Gasteiger partial charge in [0.15, 0.2) is 5.82 Å². The Labute approximate surface area is 172 Å². The number of carbonyl (C=O) groups is 1. The highest BCUT2D eigenvalue weighted by atomic mass is 19.1. The number of carbonyl (C=O) groups excluding carboxylic acids is 1. The topological polar surface area (TPSA) is 81.4 Å². The summed E-state index contributed by atoms with van der Waals surface area (Å²) in [4.78, 5) is 21.5. The lowest BCUT2D eigenvalue weighted by molar-refractivity contribution is -0.115. The van der Waals surface area contributed by atoms with Gasteiger partial charge in [-0.1, -0.05) is 0 Å². The van der Waals surface area contributed by atoms with Gasteiger partial charge in [0, 0.05) is 28.2 Å². The molecule has 0 unspecified atom stereocenters. The second kappa shape index (κ2) is 7.90. The molecule has 2 heterocycles. The van der Waals surface area contributed by atoms with Gasteiger partial charge in [-0.15, -0.1) is 5.10 Å². The summed E-state index contributed by atoms with van der Waals surface area (Å²) in [5.41, 5.74) is 3.65. The molecule has 1 amide bonds. The fourth-order valence-corrected chi connectivity index (χ4v) is 3.23. The highest BCUT2D eigenvalue weighted by molar-refractivity contribution is 5.92. The lowest BCUT2D eigenvalue weighted by Gasteiger charge is -2.10. The minimum absolute atomic E-state index is 0.121. The van der Waals surface area contributed by atoms with Gasteiger partial charge < -0.3 is 10.1 Å². The van der Waals surface area contributed by atoms with Crippen LogP contribution < -0.4 is 10.1 Å². The molecule has 8 heteroatoms. The number of benzene rings is 2. The maximum Gasteiger partial charge on any atom is 0.253 e. The largest absolute Gasteiger partial charge is 0.497 e. The Kier molecular flexibility index (Phi) is 5.14. The number of aryl methyl sites for hydroxylation is 2. The van der Waals surface area contributed by atoms with Crippen molar-refractivity contribution < 1.29 is 13.9 Å². The Bertz CT molecular complexity index is 1220. The number of anilines is 1. The van der Waals surface area contributed by atoms with E-state index in [-0.39, 0.29) is 18.1 Å². The number of ether oxygens (including phenoxy) is 1. The van der Waals surface area contributed by atoms with Crippen LogP contribution in [0.25, 0.3) is 17.2 Å². The highest BCUT2D eigenvalue weighted by Gasteiger charge is 2.17. The van der Waals surface area contributed by atoms with Crippen LogP contribution in [0.2, 0.25) is 0 Å². The first-order valence-electron chi connectivity index (χ1n) is 9.37. The molecule has 30 heavy (non-hydrogen) atoms. The van der Waals surface area contributed by atoms with Crippen molar-refractivity contribution in [2.45, 2.75) is 20.3 Å². The van der Waals surface area contributed by atoms with Crippen molar-refractivity contribution in [3.05, 3.63) is 71.3 Å². The molecule has 0 radical (unpaired) electrons. The van der Waals surface area contributed by atoms with Crippen LogP contribution in [0.3, 0.4) is 0 Å². The molecule has 4 aromatic rings. The van der Waals surface area contributed by atoms with Gasteiger partial charge in [0.1, 0.15) is 11.6 Å². The van der Waals surface area contributed by atoms with Crippen LogP contribution in [0.15, 0.2) is 48.5 Å². The molecular formula is C22H20FN5O2. The lowest BCUT2D eigenvalue weighted by atomic mass is 10.1. The summed E-state index contributed by atoms with van der Waals surface area (Å²) in [5.74, 6) is 1.19. The van der Waals surface area contributed by atoms with Gasteiger partial charge in [0.2, 0.25) is 5.91 Å². The van der Waals surface area contributed by atoms with E-state index >= 15 is 0 Å². The molecule has 0 saturated carbocycles. The average molecular weight is 405 g/mol. The van der Waals surface area contributed by atoms with Crippen molar-refractivity contribution in [1.82, 2.24) is 19.6 Å².